The molecule has 0 aromatic rings. The van der Waals surface area contributed by atoms with Crippen LogP contribution in [0.5, 0.6) is 0 Å². The van der Waals surface area contributed by atoms with E-state index in [1.165, 1.54) is 141 Å². The van der Waals surface area contributed by atoms with Gasteiger partial charge in [0.1, 0.15) is 12.7 Å². The van der Waals surface area contributed by atoms with Crippen molar-refractivity contribution in [2.45, 2.75) is 328 Å². The molecule has 0 rings (SSSR count). The molecule has 11 nitrogen and oxygen atoms in total. The smallest absolute Gasteiger partial charge is 0.462 e. The van der Waals surface area contributed by atoms with Crippen LogP contribution in [0.25, 0.3) is 0 Å². The topological polar surface area (TPSA) is 155 Å². The van der Waals surface area contributed by atoms with Crippen LogP contribution >= 0.6 is 7.82 Å². The van der Waals surface area contributed by atoms with Crippen LogP contribution < -0.4 is 0 Å². The highest BCUT2D eigenvalue weighted by Gasteiger charge is 2.28. The molecule has 0 saturated heterocycles. The molecule has 2 N–H and O–H groups in total. The highest BCUT2D eigenvalue weighted by atomic mass is 31.2. The van der Waals surface area contributed by atoms with Crippen LogP contribution in [-0.4, -0.2) is 66.5 Å². The van der Waals surface area contributed by atoms with Crippen LogP contribution in [0.3, 0.4) is 0 Å². The Hall–Kier alpha value is -3.34. The molecule has 0 amide bonds. The van der Waals surface area contributed by atoms with Crippen LogP contribution in [0, 0.1) is 0 Å². The second-order valence-electron chi connectivity index (χ2n) is 23.0. The molecule has 0 aromatic heterocycles. The summed E-state index contributed by atoms with van der Waals surface area (Å²) in [6.07, 6.45) is 78.0. The highest BCUT2D eigenvalue weighted by Crippen LogP contribution is 2.43. The fourth-order valence-electron chi connectivity index (χ4n) is 9.48. The first-order valence-electron chi connectivity index (χ1n) is 34.5. The summed E-state index contributed by atoms with van der Waals surface area (Å²) in [6.45, 7) is 4.60. The Balaban J connectivity index is 4.70. The van der Waals surface area contributed by atoms with Crippen molar-refractivity contribution < 1.29 is 52.2 Å². The lowest BCUT2D eigenvalue weighted by Crippen LogP contribution is -2.30. The first kappa shape index (κ1) is 80.7. The number of hydrogen-bond donors (Lipinski definition) is 2. The lowest BCUT2D eigenvalue weighted by atomic mass is 10.1. The Kier molecular flexibility index (Phi) is 63.0. The van der Waals surface area contributed by atoms with Crippen molar-refractivity contribution in [3.05, 3.63) is 85.1 Å². The summed E-state index contributed by atoms with van der Waals surface area (Å²) in [6, 6.07) is 0. The molecule has 0 aromatic carbocycles. The average Bonchev–Trinajstić information content (AvgIpc) is 3.55. The third kappa shape index (κ3) is 63.2. The van der Waals surface area contributed by atoms with Gasteiger partial charge in [-0.15, -0.1) is 0 Å². The number of carbonyl (C=O) groups is 3. The van der Waals surface area contributed by atoms with Crippen molar-refractivity contribution in [1.82, 2.24) is 0 Å². The quantitative estimate of drug-likeness (QED) is 0.0197. The number of phosphoric ester groups is 1. The molecule has 0 aliphatic rings. The van der Waals surface area contributed by atoms with E-state index >= 15 is 0 Å². The molecule has 0 saturated carbocycles. The fourth-order valence-corrected chi connectivity index (χ4v) is 10.3. The number of rotatable bonds is 64. The van der Waals surface area contributed by atoms with Crippen molar-refractivity contribution in [3.8, 4) is 0 Å². The Morgan fingerprint density at radius 2 is 0.583 bits per heavy atom. The molecule has 84 heavy (non-hydrogen) atoms. The number of aliphatic hydroxyl groups is 1. The maximum atomic E-state index is 13.0. The van der Waals surface area contributed by atoms with E-state index in [0.29, 0.717) is 19.3 Å². The van der Waals surface area contributed by atoms with E-state index in [1.54, 1.807) is 0 Å². The van der Waals surface area contributed by atoms with Crippen LogP contribution in [-0.2, 0) is 42.2 Å². The summed E-state index contributed by atoms with van der Waals surface area (Å²) in [7, 11) is -4.77. The van der Waals surface area contributed by atoms with Gasteiger partial charge in [0.2, 0.25) is 0 Å². The van der Waals surface area contributed by atoms with Gasteiger partial charge in [-0.05, 0) is 122 Å². The van der Waals surface area contributed by atoms with E-state index in [1.807, 2.05) is 0 Å². The zero-order chi connectivity index (χ0) is 61.2. The van der Waals surface area contributed by atoms with Crippen molar-refractivity contribution in [2.24, 2.45) is 0 Å². The summed E-state index contributed by atoms with van der Waals surface area (Å²) in [5, 5.41) is 9.88. The molecule has 0 radical (unpaired) electrons. The molecule has 12 heteroatoms. The predicted molar refractivity (Wildman–Crippen MR) is 353 cm³/mol. The van der Waals surface area contributed by atoms with Crippen LogP contribution in [0.2, 0.25) is 0 Å². The summed E-state index contributed by atoms with van der Waals surface area (Å²) >= 11 is 0. The molecule has 0 aliphatic heterocycles. The summed E-state index contributed by atoms with van der Waals surface area (Å²) in [4.78, 5) is 48.9. The van der Waals surface area contributed by atoms with Gasteiger partial charge in [-0.2, -0.15) is 0 Å². The minimum Gasteiger partial charge on any atom is -0.462 e. The molecule has 486 valence electrons. The van der Waals surface area contributed by atoms with Crippen LogP contribution in [0.1, 0.15) is 316 Å². The van der Waals surface area contributed by atoms with Gasteiger partial charge in [-0.25, -0.2) is 4.57 Å². The van der Waals surface area contributed by atoms with E-state index in [0.717, 1.165) is 116 Å². The minimum atomic E-state index is -4.77. The van der Waals surface area contributed by atoms with Crippen LogP contribution in [0.4, 0.5) is 0 Å². The largest absolute Gasteiger partial charge is 0.472 e. The Labute approximate surface area is 515 Å². The summed E-state index contributed by atoms with van der Waals surface area (Å²) < 4.78 is 39.8. The molecule has 0 bridgehead atoms. The molecular weight excluding hydrogens is 1070 g/mol. The maximum absolute atomic E-state index is 13.0. The van der Waals surface area contributed by atoms with Crippen molar-refractivity contribution in [2.75, 3.05) is 26.4 Å². The zero-order valence-corrected chi connectivity index (χ0v) is 55.0. The number of aliphatic hydroxyl groups excluding tert-OH is 1. The summed E-state index contributed by atoms with van der Waals surface area (Å²) in [5.41, 5.74) is 0. The molecule has 3 atom stereocenters. The van der Waals surface area contributed by atoms with E-state index in [2.05, 4.69) is 106 Å². The fraction of sp³-hybridized carbons (Fsp3) is 0.764. The highest BCUT2D eigenvalue weighted by molar-refractivity contribution is 7.47. The SMILES string of the molecule is CCCCC/C=C\C/C=C\C/C=C\CCCCCCCCC(=O)OCC(COP(=O)(O)OCC(CO)OC(=O)CCCCCCCCCCC/C=C\C/C=C\CCCCC)OC(=O)CCCCCCCCCCC/C=C\C/C=C\CCCCC. The zero-order valence-electron chi connectivity index (χ0n) is 54.1. The van der Waals surface area contributed by atoms with Crippen LogP contribution in [0.15, 0.2) is 85.1 Å². The van der Waals surface area contributed by atoms with Gasteiger partial charge in [0.05, 0.1) is 19.8 Å². The summed E-state index contributed by atoms with van der Waals surface area (Å²) in [5.74, 6) is -1.48. The van der Waals surface area contributed by atoms with Crippen molar-refractivity contribution in [3.63, 3.8) is 0 Å². The molecule has 0 fully saturated rings. The molecule has 3 unspecified atom stereocenters. The molecule has 0 aliphatic carbocycles. The van der Waals surface area contributed by atoms with Gasteiger partial charge in [0.15, 0.2) is 6.10 Å². The first-order chi connectivity index (χ1) is 41.2. The number of ether oxygens (including phenoxy) is 3. The maximum Gasteiger partial charge on any atom is 0.472 e. The van der Waals surface area contributed by atoms with Crippen molar-refractivity contribution >= 4 is 25.7 Å². The van der Waals surface area contributed by atoms with Gasteiger partial charge in [0.25, 0.3) is 0 Å². The number of allylic oxidation sites excluding steroid dienone is 14. The standard InChI is InChI=1S/C72H127O11P/c1-4-7-10-13-16-19-22-25-28-31-34-37-40-43-46-49-52-55-58-61-70(74)79-65-69(83-72(76)63-60-57-54-51-48-45-42-39-36-33-30-27-24-21-18-15-12-9-6-3)67-81-84(77,78)80-66-68(64-73)82-71(75)62-59-56-53-50-47-44-41-38-35-32-29-26-23-20-17-14-11-8-5-2/h16-21,25-30,34,37,68-69,73H,4-15,22-24,31-33,35-36,38-67H2,1-3H3,(H,77,78)/b19-16-,20-17-,21-18-,28-25-,29-26-,30-27-,37-34-. The normalized spacial score (nSPS) is 13.7. The number of esters is 3. The van der Waals surface area contributed by atoms with Gasteiger partial charge in [-0.1, -0.05) is 260 Å². The second kappa shape index (κ2) is 65.6. The third-order valence-corrected chi connectivity index (χ3v) is 15.7. The lowest BCUT2D eigenvalue weighted by Gasteiger charge is -2.21. The predicted octanol–water partition coefficient (Wildman–Crippen LogP) is 21.4. The van der Waals surface area contributed by atoms with Gasteiger partial charge in [-0.3, -0.25) is 23.4 Å². The Morgan fingerprint density at radius 3 is 0.893 bits per heavy atom. The van der Waals surface area contributed by atoms with Gasteiger partial charge < -0.3 is 24.2 Å². The number of unbranched alkanes of at least 4 members (excludes halogenated alkanes) is 33. The van der Waals surface area contributed by atoms with E-state index in [4.69, 9.17) is 23.3 Å². The van der Waals surface area contributed by atoms with Gasteiger partial charge >= 0.3 is 25.7 Å². The molecule has 0 spiro atoms. The number of carbonyl (C=O) groups excluding carboxylic acids is 3. The van der Waals surface area contributed by atoms with Gasteiger partial charge in [0, 0.05) is 19.3 Å². The van der Waals surface area contributed by atoms with E-state index in [-0.39, 0.29) is 25.9 Å². The average molecular weight is 1200 g/mol. The van der Waals surface area contributed by atoms with E-state index < -0.39 is 57.8 Å². The second-order valence-corrected chi connectivity index (χ2v) is 24.4. The molecular formula is C72H127O11P. The number of phosphoric acid groups is 1. The van der Waals surface area contributed by atoms with E-state index in [9.17, 15) is 28.9 Å². The lowest BCUT2D eigenvalue weighted by molar-refractivity contribution is -0.161. The monoisotopic (exact) mass is 1200 g/mol. The van der Waals surface area contributed by atoms with Crippen molar-refractivity contribution in [1.29, 1.82) is 0 Å². The molecule has 0 heterocycles. The first-order valence-corrected chi connectivity index (χ1v) is 36.0. The number of hydrogen-bond acceptors (Lipinski definition) is 10. The minimum absolute atomic E-state index is 0.158. The third-order valence-electron chi connectivity index (χ3n) is 14.8. The Morgan fingerprint density at radius 1 is 0.333 bits per heavy atom. The Bertz CT molecular complexity index is 1730.